The minimum absolute atomic E-state index is 0.00299. The molecule has 0 aliphatic carbocycles. The number of rotatable bonds is 6. The SMILES string of the molecule is CCO/N=C(/c1ccc(CN2CCC3(CC2)OCc2cn(C)c(=O)cc23)cc1)c1ccc(F)c(F)c1. The molecule has 0 bridgehead atoms. The molecule has 2 aliphatic heterocycles. The zero-order valence-corrected chi connectivity index (χ0v) is 20.5. The van der Waals surface area contributed by atoms with Crippen molar-refractivity contribution in [3.63, 3.8) is 0 Å². The molecule has 5 rings (SSSR count). The zero-order valence-electron chi connectivity index (χ0n) is 20.5. The number of fused-ring (bicyclic) bond motifs is 2. The van der Waals surface area contributed by atoms with E-state index in [-0.39, 0.29) is 11.2 Å². The third-order valence-corrected chi connectivity index (χ3v) is 7.08. The largest absolute Gasteiger partial charge is 0.396 e. The van der Waals surface area contributed by atoms with Crippen molar-refractivity contribution >= 4 is 5.71 Å². The first-order chi connectivity index (χ1) is 17.4. The molecule has 1 aromatic heterocycles. The summed E-state index contributed by atoms with van der Waals surface area (Å²) in [6.07, 6.45) is 3.57. The van der Waals surface area contributed by atoms with Crippen LogP contribution in [0.5, 0.6) is 0 Å². The molecule has 0 radical (unpaired) electrons. The second-order valence-corrected chi connectivity index (χ2v) is 9.40. The Morgan fingerprint density at radius 1 is 1.06 bits per heavy atom. The molecule has 188 valence electrons. The summed E-state index contributed by atoms with van der Waals surface area (Å²) in [4.78, 5) is 19.8. The van der Waals surface area contributed by atoms with Crippen LogP contribution in [0.4, 0.5) is 8.78 Å². The second kappa shape index (κ2) is 9.95. The van der Waals surface area contributed by atoms with Gasteiger partial charge in [-0.05, 0) is 49.1 Å². The summed E-state index contributed by atoms with van der Waals surface area (Å²) in [5, 5.41) is 4.15. The van der Waals surface area contributed by atoms with Crippen LogP contribution in [0.1, 0.15) is 47.6 Å². The summed E-state index contributed by atoms with van der Waals surface area (Å²) in [6, 6.07) is 13.3. The van der Waals surface area contributed by atoms with Gasteiger partial charge in [0.05, 0.1) is 12.2 Å². The average Bonchev–Trinajstić information content (AvgIpc) is 3.20. The zero-order chi connectivity index (χ0) is 25.3. The molecule has 0 saturated carbocycles. The van der Waals surface area contributed by atoms with Crippen molar-refractivity contribution in [2.75, 3.05) is 19.7 Å². The lowest BCUT2D eigenvalue weighted by Gasteiger charge is -2.39. The minimum Gasteiger partial charge on any atom is -0.396 e. The van der Waals surface area contributed by atoms with Gasteiger partial charge in [-0.3, -0.25) is 9.69 Å². The van der Waals surface area contributed by atoms with E-state index in [1.54, 1.807) is 17.7 Å². The van der Waals surface area contributed by atoms with Gasteiger partial charge in [0.1, 0.15) is 12.3 Å². The molecule has 3 aromatic rings. The monoisotopic (exact) mass is 493 g/mol. The molecule has 36 heavy (non-hydrogen) atoms. The van der Waals surface area contributed by atoms with E-state index in [2.05, 4.69) is 10.1 Å². The maximum atomic E-state index is 13.8. The van der Waals surface area contributed by atoms with Crippen LogP contribution < -0.4 is 5.56 Å². The molecule has 6 nitrogen and oxygen atoms in total. The molecule has 0 atom stereocenters. The summed E-state index contributed by atoms with van der Waals surface area (Å²) in [6.45, 7) is 5.24. The lowest BCUT2D eigenvalue weighted by Crippen LogP contribution is -2.42. The van der Waals surface area contributed by atoms with Crippen molar-refractivity contribution in [2.24, 2.45) is 12.2 Å². The fraction of sp³-hybridized carbons (Fsp3) is 0.357. The molecule has 1 spiro atoms. The van der Waals surface area contributed by atoms with E-state index < -0.39 is 11.6 Å². The van der Waals surface area contributed by atoms with Gasteiger partial charge in [0.25, 0.3) is 5.56 Å². The number of aromatic nitrogens is 1. The fourth-order valence-corrected chi connectivity index (χ4v) is 5.07. The van der Waals surface area contributed by atoms with Gasteiger partial charge in [-0.2, -0.15) is 0 Å². The summed E-state index contributed by atoms with van der Waals surface area (Å²) < 4.78 is 35.1. The topological polar surface area (TPSA) is 56.1 Å². The van der Waals surface area contributed by atoms with E-state index in [9.17, 15) is 13.6 Å². The number of nitrogens with zero attached hydrogens (tertiary/aromatic N) is 3. The Bertz CT molecular complexity index is 1340. The number of piperidine rings is 1. The fourth-order valence-electron chi connectivity index (χ4n) is 5.07. The molecule has 0 unspecified atom stereocenters. The number of hydrogen-bond acceptors (Lipinski definition) is 5. The van der Waals surface area contributed by atoms with Crippen molar-refractivity contribution in [1.82, 2.24) is 9.47 Å². The number of pyridine rings is 1. The molecule has 1 saturated heterocycles. The quantitative estimate of drug-likeness (QED) is 0.376. The highest BCUT2D eigenvalue weighted by Gasteiger charge is 2.43. The maximum Gasteiger partial charge on any atom is 0.250 e. The summed E-state index contributed by atoms with van der Waals surface area (Å²) in [7, 11) is 1.77. The Hall–Kier alpha value is -3.36. The predicted molar refractivity (Wildman–Crippen MR) is 133 cm³/mol. The molecular weight excluding hydrogens is 464 g/mol. The highest BCUT2D eigenvalue weighted by atomic mass is 19.2. The van der Waals surface area contributed by atoms with Gasteiger partial charge in [0.2, 0.25) is 0 Å². The maximum absolute atomic E-state index is 13.8. The highest BCUT2D eigenvalue weighted by Crippen LogP contribution is 2.43. The number of oxime groups is 1. The molecule has 3 heterocycles. The number of halogens is 2. The van der Waals surface area contributed by atoms with Crippen LogP contribution in [0.3, 0.4) is 0 Å². The standard InChI is InChI=1S/C28H29F2N3O3/c1-3-36-31-27(21-8-9-24(29)25(30)14-21)20-6-4-19(5-7-20)16-33-12-10-28(11-13-33)23-15-26(34)32(2)17-22(23)18-35-28/h4-9,14-15,17H,3,10-13,16,18H2,1-2H3/b31-27-. The van der Waals surface area contributed by atoms with Gasteiger partial charge in [0, 0.05) is 55.6 Å². The molecule has 0 N–H and O–H groups in total. The van der Waals surface area contributed by atoms with Gasteiger partial charge in [-0.15, -0.1) is 0 Å². The summed E-state index contributed by atoms with van der Waals surface area (Å²) in [5.41, 5.74) is 4.58. The third kappa shape index (κ3) is 4.70. The van der Waals surface area contributed by atoms with Crippen LogP contribution in [0.2, 0.25) is 0 Å². The lowest BCUT2D eigenvalue weighted by molar-refractivity contribution is -0.0799. The van der Waals surface area contributed by atoms with Gasteiger partial charge >= 0.3 is 0 Å². The molecular formula is C28H29F2N3O3. The highest BCUT2D eigenvalue weighted by molar-refractivity contribution is 6.12. The first kappa shape index (κ1) is 24.3. The van der Waals surface area contributed by atoms with Crippen molar-refractivity contribution in [1.29, 1.82) is 0 Å². The average molecular weight is 494 g/mol. The first-order valence-electron chi connectivity index (χ1n) is 12.2. The van der Waals surface area contributed by atoms with Gasteiger partial charge in [-0.25, -0.2) is 8.78 Å². The van der Waals surface area contributed by atoms with E-state index in [0.29, 0.717) is 24.5 Å². The van der Waals surface area contributed by atoms with Gasteiger partial charge < -0.3 is 14.1 Å². The van der Waals surface area contributed by atoms with Gasteiger partial charge in [-0.1, -0.05) is 29.4 Å². The van der Waals surface area contributed by atoms with Gasteiger partial charge in [0.15, 0.2) is 11.6 Å². The first-order valence-corrected chi connectivity index (χ1v) is 12.2. The molecule has 1 fully saturated rings. The van der Waals surface area contributed by atoms with Crippen LogP contribution in [-0.4, -0.2) is 34.9 Å². The predicted octanol–water partition coefficient (Wildman–Crippen LogP) is 4.47. The Balaban J connectivity index is 1.27. The van der Waals surface area contributed by atoms with E-state index >= 15 is 0 Å². The lowest BCUT2D eigenvalue weighted by atomic mass is 9.84. The number of aryl methyl sites for hydroxylation is 1. The molecule has 0 amide bonds. The Labute approximate surface area is 208 Å². The van der Waals surface area contributed by atoms with E-state index in [1.807, 2.05) is 37.4 Å². The molecule has 2 aliphatic rings. The van der Waals surface area contributed by atoms with Crippen LogP contribution >= 0.6 is 0 Å². The van der Waals surface area contributed by atoms with Crippen LogP contribution in [0.25, 0.3) is 0 Å². The van der Waals surface area contributed by atoms with E-state index in [4.69, 9.17) is 9.57 Å². The molecule has 8 heteroatoms. The number of ether oxygens (including phenoxy) is 1. The summed E-state index contributed by atoms with van der Waals surface area (Å²) in [5.74, 6) is -1.83. The Morgan fingerprint density at radius 3 is 2.47 bits per heavy atom. The van der Waals surface area contributed by atoms with Crippen molar-refractivity contribution in [3.05, 3.63) is 105 Å². The Kier molecular flexibility index (Phi) is 6.73. The van der Waals surface area contributed by atoms with E-state index in [1.165, 1.54) is 6.07 Å². The normalized spacial score (nSPS) is 17.4. The van der Waals surface area contributed by atoms with Crippen LogP contribution in [0.15, 0.2) is 64.7 Å². The smallest absolute Gasteiger partial charge is 0.250 e. The van der Waals surface area contributed by atoms with Crippen molar-refractivity contribution in [3.8, 4) is 0 Å². The molecule has 2 aromatic carbocycles. The minimum atomic E-state index is -0.926. The van der Waals surface area contributed by atoms with Crippen molar-refractivity contribution in [2.45, 2.75) is 38.5 Å². The summed E-state index contributed by atoms with van der Waals surface area (Å²) >= 11 is 0. The van der Waals surface area contributed by atoms with Crippen LogP contribution in [0, 0.1) is 11.6 Å². The van der Waals surface area contributed by atoms with E-state index in [0.717, 1.165) is 66.9 Å². The number of benzene rings is 2. The van der Waals surface area contributed by atoms with Crippen LogP contribution in [-0.2, 0) is 35.4 Å². The second-order valence-electron chi connectivity index (χ2n) is 9.40. The van der Waals surface area contributed by atoms with Crippen molar-refractivity contribution < 1.29 is 18.4 Å². The number of hydrogen-bond donors (Lipinski definition) is 0. The Morgan fingerprint density at radius 2 is 1.78 bits per heavy atom. The number of likely N-dealkylation sites (tertiary alicyclic amines) is 1. The third-order valence-electron chi connectivity index (χ3n) is 7.08.